The van der Waals surface area contributed by atoms with E-state index in [9.17, 15) is 9.59 Å². The molecule has 7 heteroatoms. The molecule has 2 aromatic carbocycles. The van der Waals surface area contributed by atoms with Gasteiger partial charge in [0.05, 0.1) is 5.75 Å². The topological polar surface area (TPSA) is 49.4 Å². The molecule has 0 saturated heterocycles. The average molecular weight is 512 g/mol. The zero-order valence-corrected chi connectivity index (χ0v) is 20.5. The van der Waals surface area contributed by atoms with Crippen molar-refractivity contribution in [3.05, 3.63) is 69.2 Å². The Hall–Kier alpha value is -1.50. The molecule has 0 bridgehead atoms. The molecule has 2 aromatic rings. The first kappa shape index (κ1) is 24.8. The highest BCUT2D eigenvalue weighted by atomic mass is 79.9. The summed E-state index contributed by atoms with van der Waals surface area (Å²) in [6.07, 6.45) is 1.94. The Morgan fingerprint density at radius 1 is 1.17 bits per heavy atom. The van der Waals surface area contributed by atoms with E-state index in [1.54, 1.807) is 11.8 Å². The molecule has 162 valence electrons. The second-order valence-corrected chi connectivity index (χ2v) is 9.43. The maximum absolute atomic E-state index is 13.0. The van der Waals surface area contributed by atoms with E-state index >= 15 is 0 Å². The lowest BCUT2D eigenvalue weighted by molar-refractivity contribution is -0.138. The van der Waals surface area contributed by atoms with Crippen molar-refractivity contribution in [2.75, 3.05) is 12.3 Å². The van der Waals surface area contributed by atoms with Crippen LogP contribution in [0.5, 0.6) is 0 Å². The minimum absolute atomic E-state index is 0.0527. The van der Waals surface area contributed by atoms with Gasteiger partial charge < -0.3 is 10.2 Å². The number of benzene rings is 2. The minimum atomic E-state index is -0.537. The molecule has 0 radical (unpaired) electrons. The normalized spacial score (nSPS) is 11.7. The van der Waals surface area contributed by atoms with Crippen molar-refractivity contribution in [1.82, 2.24) is 10.2 Å². The summed E-state index contributed by atoms with van der Waals surface area (Å²) in [4.78, 5) is 27.3. The molecule has 2 amide bonds. The number of rotatable bonds is 11. The van der Waals surface area contributed by atoms with E-state index in [0.29, 0.717) is 29.6 Å². The molecule has 1 atom stereocenters. The number of amides is 2. The number of halogens is 2. The maximum atomic E-state index is 13.0. The highest BCUT2D eigenvalue weighted by Crippen LogP contribution is 2.19. The van der Waals surface area contributed by atoms with Crippen LogP contribution in [-0.2, 0) is 21.9 Å². The molecule has 4 nitrogen and oxygen atoms in total. The highest BCUT2D eigenvalue weighted by Gasteiger charge is 2.25. The van der Waals surface area contributed by atoms with Crippen molar-refractivity contribution >= 4 is 51.1 Å². The maximum Gasteiger partial charge on any atom is 0.242 e. The summed E-state index contributed by atoms with van der Waals surface area (Å²) in [6.45, 7) is 4.89. The van der Waals surface area contributed by atoms with Gasteiger partial charge in [-0.3, -0.25) is 9.59 Å². The van der Waals surface area contributed by atoms with Crippen molar-refractivity contribution in [3.8, 4) is 0 Å². The van der Waals surface area contributed by atoms with E-state index < -0.39 is 6.04 Å². The number of nitrogens with one attached hydrogen (secondary N) is 1. The van der Waals surface area contributed by atoms with E-state index in [1.807, 2.05) is 48.5 Å². The summed E-state index contributed by atoms with van der Waals surface area (Å²) in [5.74, 6) is 0.822. The van der Waals surface area contributed by atoms with Crippen LogP contribution in [0.25, 0.3) is 0 Å². The predicted molar refractivity (Wildman–Crippen MR) is 130 cm³/mol. The third-order valence-corrected chi connectivity index (χ3v) is 6.40. The second kappa shape index (κ2) is 13.0. The van der Waals surface area contributed by atoms with E-state index in [2.05, 4.69) is 28.2 Å². The van der Waals surface area contributed by atoms with Gasteiger partial charge in [0, 0.05) is 28.3 Å². The van der Waals surface area contributed by atoms with Crippen LogP contribution in [0.4, 0.5) is 0 Å². The lowest BCUT2D eigenvalue weighted by atomic mass is 10.1. The van der Waals surface area contributed by atoms with Crippen LogP contribution in [0.2, 0.25) is 5.02 Å². The van der Waals surface area contributed by atoms with Crippen LogP contribution < -0.4 is 5.32 Å². The van der Waals surface area contributed by atoms with Gasteiger partial charge in [0.25, 0.3) is 0 Å². The van der Waals surface area contributed by atoms with Gasteiger partial charge in [-0.25, -0.2) is 0 Å². The molecule has 30 heavy (non-hydrogen) atoms. The summed E-state index contributed by atoms with van der Waals surface area (Å²) >= 11 is 11.0. The molecular formula is C23H28BrClN2O2S. The zero-order valence-electron chi connectivity index (χ0n) is 17.4. The van der Waals surface area contributed by atoms with Crippen molar-refractivity contribution in [3.63, 3.8) is 0 Å². The summed E-state index contributed by atoms with van der Waals surface area (Å²) in [6, 6.07) is 14.9. The minimum Gasteiger partial charge on any atom is -0.354 e. The summed E-state index contributed by atoms with van der Waals surface area (Å²) in [5, 5.41) is 3.63. The number of carbonyl (C=O) groups is 2. The van der Waals surface area contributed by atoms with E-state index in [1.165, 1.54) is 11.8 Å². The van der Waals surface area contributed by atoms with Gasteiger partial charge >= 0.3 is 0 Å². The number of nitrogens with zero attached hydrogens (tertiary/aromatic N) is 1. The first-order valence-corrected chi connectivity index (χ1v) is 12.4. The number of hydrogen-bond acceptors (Lipinski definition) is 3. The Balaban J connectivity index is 2.03. The predicted octanol–water partition coefficient (Wildman–Crippen LogP) is 5.67. The van der Waals surface area contributed by atoms with Gasteiger partial charge in [0.2, 0.25) is 11.8 Å². The fourth-order valence-electron chi connectivity index (χ4n) is 2.87. The Bertz CT molecular complexity index is 832. The highest BCUT2D eigenvalue weighted by molar-refractivity contribution is 9.10. The largest absolute Gasteiger partial charge is 0.354 e. The van der Waals surface area contributed by atoms with Crippen molar-refractivity contribution in [2.24, 2.45) is 0 Å². The van der Waals surface area contributed by atoms with E-state index in [4.69, 9.17) is 11.6 Å². The molecule has 0 heterocycles. The quantitative estimate of drug-likeness (QED) is 0.396. The van der Waals surface area contributed by atoms with Crippen LogP contribution in [0, 0.1) is 0 Å². The monoisotopic (exact) mass is 510 g/mol. The lowest BCUT2D eigenvalue weighted by Crippen LogP contribution is -2.48. The molecule has 0 spiro atoms. The van der Waals surface area contributed by atoms with Crippen LogP contribution in [-0.4, -0.2) is 35.1 Å². The van der Waals surface area contributed by atoms with Crippen molar-refractivity contribution < 1.29 is 9.59 Å². The molecular weight excluding hydrogens is 484 g/mol. The summed E-state index contributed by atoms with van der Waals surface area (Å²) < 4.78 is 0.978. The van der Waals surface area contributed by atoms with Gasteiger partial charge in [-0.05, 0) is 48.7 Å². The Morgan fingerprint density at radius 3 is 2.57 bits per heavy atom. The molecule has 0 aliphatic heterocycles. The van der Waals surface area contributed by atoms with Gasteiger partial charge in [0.1, 0.15) is 6.04 Å². The first-order chi connectivity index (χ1) is 14.4. The Labute approximate surface area is 196 Å². The third kappa shape index (κ3) is 8.32. The van der Waals surface area contributed by atoms with Crippen LogP contribution in [0.3, 0.4) is 0 Å². The molecule has 0 fully saturated rings. The molecule has 0 aliphatic carbocycles. The van der Waals surface area contributed by atoms with Crippen molar-refractivity contribution in [2.45, 2.75) is 45.0 Å². The van der Waals surface area contributed by atoms with Gasteiger partial charge in [-0.2, -0.15) is 0 Å². The molecule has 0 unspecified atom stereocenters. The molecule has 0 aromatic heterocycles. The Kier molecular flexibility index (Phi) is 10.8. The van der Waals surface area contributed by atoms with Gasteiger partial charge in [-0.15, -0.1) is 11.8 Å². The van der Waals surface area contributed by atoms with E-state index in [-0.39, 0.29) is 11.8 Å². The smallest absolute Gasteiger partial charge is 0.242 e. The van der Waals surface area contributed by atoms with Gasteiger partial charge in [-0.1, -0.05) is 65.1 Å². The SMILES string of the molecule is CCCCNC(=O)[C@@H](C)N(Cc1ccc(Br)cc1)C(=O)CSCc1cccc(Cl)c1. The fraction of sp³-hybridized carbons (Fsp3) is 0.391. The van der Waals surface area contributed by atoms with Crippen LogP contribution in [0.1, 0.15) is 37.8 Å². The number of carbonyl (C=O) groups excluding carboxylic acids is 2. The zero-order chi connectivity index (χ0) is 21.9. The standard InChI is InChI=1S/C23H28BrClN2O2S/c1-3-4-12-26-23(29)17(2)27(14-18-8-10-20(24)11-9-18)22(28)16-30-15-19-6-5-7-21(25)13-19/h5-11,13,17H,3-4,12,14-16H2,1-2H3,(H,26,29)/t17-/m1/s1. The molecule has 0 saturated carbocycles. The Morgan fingerprint density at radius 2 is 1.90 bits per heavy atom. The second-order valence-electron chi connectivity index (χ2n) is 7.09. The van der Waals surface area contributed by atoms with Crippen LogP contribution in [0.15, 0.2) is 53.0 Å². The summed E-state index contributed by atoms with van der Waals surface area (Å²) in [5.41, 5.74) is 2.06. The molecule has 2 rings (SSSR count). The fourth-order valence-corrected chi connectivity index (χ4v) is 4.21. The van der Waals surface area contributed by atoms with Crippen LogP contribution >= 0.6 is 39.3 Å². The third-order valence-electron chi connectivity index (χ3n) is 4.65. The van der Waals surface area contributed by atoms with Crippen molar-refractivity contribution in [1.29, 1.82) is 0 Å². The molecule has 1 N–H and O–H groups in total. The van der Waals surface area contributed by atoms with E-state index in [0.717, 1.165) is 28.4 Å². The molecule has 0 aliphatic rings. The average Bonchev–Trinajstić information content (AvgIpc) is 2.73. The summed E-state index contributed by atoms with van der Waals surface area (Å²) in [7, 11) is 0. The number of hydrogen-bond donors (Lipinski definition) is 1. The van der Waals surface area contributed by atoms with Gasteiger partial charge in [0.15, 0.2) is 0 Å². The first-order valence-electron chi connectivity index (χ1n) is 10.0. The number of thioether (sulfide) groups is 1. The lowest BCUT2D eigenvalue weighted by Gasteiger charge is -2.29. The number of unbranched alkanes of at least 4 members (excludes halogenated alkanes) is 1.